The molecule has 0 unspecified atom stereocenters. The molecule has 2 aromatic carbocycles. The van der Waals surface area contributed by atoms with E-state index in [9.17, 15) is 23.1 Å². The van der Waals surface area contributed by atoms with Crippen LogP contribution < -0.4 is 4.74 Å². The Kier molecular flexibility index (Phi) is 5.15. The van der Waals surface area contributed by atoms with Gasteiger partial charge in [-0.15, -0.1) is 0 Å². The summed E-state index contributed by atoms with van der Waals surface area (Å²) in [4.78, 5) is 11.3. The van der Waals surface area contributed by atoms with Crippen LogP contribution in [-0.4, -0.2) is 17.2 Å². The van der Waals surface area contributed by atoms with Crippen LogP contribution in [0.3, 0.4) is 0 Å². The molecule has 0 bridgehead atoms. The molecule has 3 nitrogen and oxygen atoms in total. The summed E-state index contributed by atoms with van der Waals surface area (Å²) in [7, 11) is 0. The van der Waals surface area contributed by atoms with Gasteiger partial charge in [0.05, 0.1) is 5.56 Å². The van der Waals surface area contributed by atoms with E-state index in [0.717, 1.165) is 12.1 Å². The average molecular weight is 345 g/mol. The van der Waals surface area contributed by atoms with Gasteiger partial charge in [0.1, 0.15) is 5.75 Å². The molecular formula is C16H12ClF3O3. The minimum atomic E-state index is -4.48. The summed E-state index contributed by atoms with van der Waals surface area (Å²) < 4.78 is 43.4. The zero-order chi connectivity index (χ0) is 17.0. The van der Waals surface area contributed by atoms with Crippen molar-refractivity contribution in [2.45, 2.75) is 18.7 Å². The maximum Gasteiger partial charge on any atom is 0.416 e. The third-order valence-corrected chi connectivity index (χ3v) is 3.29. The smallest absolute Gasteiger partial charge is 0.416 e. The third kappa shape index (κ3) is 4.89. The molecule has 2 aromatic rings. The van der Waals surface area contributed by atoms with Crippen LogP contribution in [0.5, 0.6) is 5.75 Å². The fourth-order valence-electron chi connectivity index (χ4n) is 1.95. The zero-order valence-electron chi connectivity index (χ0n) is 11.7. The lowest BCUT2D eigenvalue weighted by Gasteiger charge is -2.16. The highest BCUT2D eigenvalue weighted by Gasteiger charge is 2.31. The Bertz CT molecular complexity index is 684. The number of hydrogen-bond acceptors (Lipinski definition) is 2. The van der Waals surface area contributed by atoms with Crippen LogP contribution in [0.1, 0.15) is 11.1 Å². The van der Waals surface area contributed by atoms with Crippen molar-refractivity contribution in [2.24, 2.45) is 0 Å². The SMILES string of the molecule is O=C(O)[C@@H](Cc1cccc(C(F)(F)F)c1)Oc1ccc(Cl)cc1. The Morgan fingerprint density at radius 1 is 1.17 bits per heavy atom. The molecule has 0 aromatic heterocycles. The first-order valence-electron chi connectivity index (χ1n) is 6.57. The summed E-state index contributed by atoms with van der Waals surface area (Å²) in [5.41, 5.74) is -0.605. The van der Waals surface area contributed by atoms with E-state index in [0.29, 0.717) is 5.02 Å². The van der Waals surface area contributed by atoms with Crippen LogP contribution in [0.15, 0.2) is 48.5 Å². The molecule has 0 fully saturated rings. The molecule has 23 heavy (non-hydrogen) atoms. The van der Waals surface area contributed by atoms with Crippen molar-refractivity contribution in [3.8, 4) is 5.75 Å². The fraction of sp³-hybridized carbons (Fsp3) is 0.188. The topological polar surface area (TPSA) is 46.5 Å². The molecule has 0 saturated carbocycles. The number of halogens is 4. The Labute approximate surface area is 135 Å². The quantitative estimate of drug-likeness (QED) is 0.872. The minimum absolute atomic E-state index is 0.193. The standard InChI is InChI=1S/C16H12ClF3O3/c17-12-4-6-13(7-5-12)23-14(15(21)22)9-10-2-1-3-11(8-10)16(18,19)20/h1-8,14H,9H2,(H,21,22)/t14-/m1/s1. The van der Waals surface area contributed by atoms with Crippen molar-refractivity contribution in [2.75, 3.05) is 0 Å². The summed E-state index contributed by atoms with van der Waals surface area (Å²) in [6, 6.07) is 10.5. The lowest BCUT2D eigenvalue weighted by molar-refractivity contribution is -0.145. The van der Waals surface area contributed by atoms with Gasteiger partial charge in [-0.25, -0.2) is 4.79 Å². The van der Waals surface area contributed by atoms with Crippen LogP contribution >= 0.6 is 11.6 Å². The molecule has 0 heterocycles. The number of aliphatic carboxylic acids is 1. The molecule has 0 saturated heterocycles. The molecule has 0 aliphatic rings. The molecule has 122 valence electrons. The molecular weight excluding hydrogens is 333 g/mol. The van der Waals surface area contributed by atoms with Crippen molar-refractivity contribution in [1.82, 2.24) is 0 Å². The van der Waals surface area contributed by atoms with E-state index < -0.39 is 23.8 Å². The van der Waals surface area contributed by atoms with Gasteiger partial charge in [-0.2, -0.15) is 13.2 Å². The van der Waals surface area contributed by atoms with E-state index in [1.807, 2.05) is 0 Å². The number of alkyl halides is 3. The number of rotatable bonds is 5. The number of ether oxygens (including phenoxy) is 1. The molecule has 1 atom stereocenters. The second-order valence-electron chi connectivity index (χ2n) is 4.80. The van der Waals surface area contributed by atoms with Gasteiger partial charge < -0.3 is 9.84 Å². The van der Waals surface area contributed by atoms with Crippen molar-refractivity contribution in [3.05, 3.63) is 64.7 Å². The van der Waals surface area contributed by atoms with Gasteiger partial charge in [0, 0.05) is 11.4 Å². The van der Waals surface area contributed by atoms with Crippen molar-refractivity contribution in [1.29, 1.82) is 0 Å². The Morgan fingerprint density at radius 2 is 1.83 bits per heavy atom. The van der Waals surface area contributed by atoms with Crippen LogP contribution in [0.4, 0.5) is 13.2 Å². The summed E-state index contributed by atoms with van der Waals surface area (Å²) in [5.74, 6) is -0.994. The van der Waals surface area contributed by atoms with Gasteiger partial charge in [-0.05, 0) is 35.9 Å². The van der Waals surface area contributed by atoms with Crippen LogP contribution in [0.2, 0.25) is 5.02 Å². The Balaban J connectivity index is 2.16. The highest BCUT2D eigenvalue weighted by Crippen LogP contribution is 2.30. The average Bonchev–Trinajstić information content (AvgIpc) is 2.48. The van der Waals surface area contributed by atoms with Gasteiger partial charge in [0.25, 0.3) is 0 Å². The van der Waals surface area contributed by atoms with Crippen molar-refractivity contribution < 1.29 is 27.8 Å². The largest absolute Gasteiger partial charge is 0.478 e. The van der Waals surface area contributed by atoms with Gasteiger partial charge in [0.2, 0.25) is 0 Å². The Hall–Kier alpha value is -2.21. The van der Waals surface area contributed by atoms with Crippen molar-refractivity contribution in [3.63, 3.8) is 0 Å². The second kappa shape index (κ2) is 6.91. The number of carboxylic acid groups (broad SMARTS) is 1. The number of hydrogen-bond donors (Lipinski definition) is 1. The van der Waals surface area contributed by atoms with Crippen LogP contribution in [-0.2, 0) is 17.4 Å². The normalized spacial score (nSPS) is 12.7. The van der Waals surface area contributed by atoms with E-state index in [1.54, 1.807) is 0 Å². The van der Waals surface area contributed by atoms with E-state index >= 15 is 0 Å². The minimum Gasteiger partial charge on any atom is -0.478 e. The monoisotopic (exact) mass is 344 g/mol. The number of carboxylic acids is 1. The van der Waals surface area contributed by atoms with E-state index in [1.165, 1.54) is 36.4 Å². The molecule has 2 rings (SSSR count). The van der Waals surface area contributed by atoms with Crippen LogP contribution in [0.25, 0.3) is 0 Å². The zero-order valence-corrected chi connectivity index (χ0v) is 12.4. The molecule has 7 heteroatoms. The van der Waals surface area contributed by atoms with Crippen molar-refractivity contribution >= 4 is 17.6 Å². The highest BCUT2D eigenvalue weighted by molar-refractivity contribution is 6.30. The maximum atomic E-state index is 12.7. The third-order valence-electron chi connectivity index (χ3n) is 3.04. The number of benzene rings is 2. The fourth-order valence-corrected chi connectivity index (χ4v) is 2.07. The van der Waals surface area contributed by atoms with Gasteiger partial charge in [-0.3, -0.25) is 0 Å². The summed E-state index contributed by atoms with van der Waals surface area (Å²) in [5, 5.41) is 9.67. The first kappa shape index (κ1) is 17.1. The lowest BCUT2D eigenvalue weighted by atomic mass is 10.0. The van der Waals surface area contributed by atoms with E-state index in [-0.39, 0.29) is 17.7 Å². The van der Waals surface area contributed by atoms with E-state index in [4.69, 9.17) is 16.3 Å². The molecule has 0 aliphatic carbocycles. The first-order valence-corrected chi connectivity index (χ1v) is 6.94. The highest BCUT2D eigenvalue weighted by atomic mass is 35.5. The Morgan fingerprint density at radius 3 is 2.39 bits per heavy atom. The predicted molar refractivity (Wildman–Crippen MR) is 78.7 cm³/mol. The van der Waals surface area contributed by atoms with E-state index in [2.05, 4.69) is 0 Å². The molecule has 0 radical (unpaired) electrons. The lowest BCUT2D eigenvalue weighted by Crippen LogP contribution is -2.29. The molecule has 0 spiro atoms. The first-order chi connectivity index (χ1) is 10.8. The molecule has 0 amide bonds. The van der Waals surface area contributed by atoms with Gasteiger partial charge in [0.15, 0.2) is 6.10 Å². The van der Waals surface area contributed by atoms with Gasteiger partial charge in [-0.1, -0.05) is 29.8 Å². The molecule has 0 aliphatic heterocycles. The maximum absolute atomic E-state index is 12.7. The molecule has 1 N–H and O–H groups in total. The van der Waals surface area contributed by atoms with Gasteiger partial charge >= 0.3 is 12.1 Å². The second-order valence-corrected chi connectivity index (χ2v) is 5.24. The summed E-state index contributed by atoms with van der Waals surface area (Å²) in [6.07, 6.45) is -5.98. The van der Waals surface area contributed by atoms with Crippen LogP contribution in [0, 0.1) is 0 Å². The number of carbonyl (C=O) groups is 1. The predicted octanol–water partition coefficient (Wildman–Crippen LogP) is 4.43. The summed E-state index contributed by atoms with van der Waals surface area (Å²) >= 11 is 5.72. The summed E-state index contributed by atoms with van der Waals surface area (Å²) in [6.45, 7) is 0.